The molecule has 0 fully saturated rings. The van der Waals surface area contributed by atoms with Gasteiger partial charge in [0.15, 0.2) is 0 Å². The Morgan fingerprint density at radius 3 is 2.47 bits per heavy atom. The van der Waals surface area contributed by atoms with Crippen molar-refractivity contribution in [3.63, 3.8) is 0 Å². The molecule has 0 spiro atoms. The fourth-order valence-corrected chi connectivity index (χ4v) is 0.961. The van der Waals surface area contributed by atoms with Gasteiger partial charge in [0.25, 0.3) is 0 Å². The van der Waals surface area contributed by atoms with Gasteiger partial charge in [-0.1, -0.05) is 0 Å². The molecule has 2 N–H and O–H groups in total. The van der Waals surface area contributed by atoms with Gasteiger partial charge in [-0.15, -0.1) is 0 Å². The maximum absolute atomic E-state index is 11.3. The summed E-state index contributed by atoms with van der Waals surface area (Å²) in [5.41, 5.74) is -0.615. The molecule has 0 aliphatic heterocycles. The Morgan fingerprint density at radius 2 is 2.00 bits per heavy atom. The average Bonchev–Trinajstić information content (AvgIpc) is 2.13. The van der Waals surface area contributed by atoms with E-state index in [-0.39, 0.29) is 6.54 Å². The lowest BCUT2D eigenvalue weighted by Crippen LogP contribution is -2.52. The van der Waals surface area contributed by atoms with E-state index in [1.54, 1.807) is 19.9 Å². The van der Waals surface area contributed by atoms with Crippen LogP contribution in [0.1, 0.15) is 13.8 Å². The zero-order valence-electron chi connectivity index (χ0n) is 9.09. The minimum absolute atomic E-state index is 0.184. The van der Waals surface area contributed by atoms with Crippen LogP contribution in [0.4, 0.5) is 0 Å². The molecule has 0 saturated heterocycles. The minimum atomic E-state index is -0.819. The molecule has 15 heavy (non-hydrogen) atoms. The summed E-state index contributed by atoms with van der Waals surface area (Å²) in [5.74, 6) is -1.59. The summed E-state index contributed by atoms with van der Waals surface area (Å²) in [6, 6.07) is 1.70. The van der Waals surface area contributed by atoms with E-state index in [9.17, 15) is 9.59 Å². The van der Waals surface area contributed by atoms with Gasteiger partial charge in [0, 0.05) is 7.11 Å². The molecule has 0 rings (SSSR count). The molecule has 0 aliphatic carbocycles. The Hall–Kier alpha value is -1.61. The summed E-state index contributed by atoms with van der Waals surface area (Å²) >= 11 is 0. The number of nitriles is 1. The van der Waals surface area contributed by atoms with E-state index in [4.69, 9.17) is 10.00 Å². The lowest BCUT2D eigenvalue weighted by atomic mass is 10.1. The van der Waals surface area contributed by atoms with Crippen LogP contribution in [0.5, 0.6) is 0 Å². The van der Waals surface area contributed by atoms with Gasteiger partial charge >= 0.3 is 11.8 Å². The SMILES string of the molecule is COCC(C)(C)NC(=O)C(=O)NCC#N. The van der Waals surface area contributed by atoms with Crippen molar-refractivity contribution in [3.05, 3.63) is 0 Å². The standard InChI is InChI=1S/C9H15N3O3/c1-9(2,6-15-3)12-8(14)7(13)11-5-4-10/h5-6H2,1-3H3,(H,11,13)(H,12,14). The minimum Gasteiger partial charge on any atom is -0.382 e. The van der Waals surface area contributed by atoms with Gasteiger partial charge in [0.1, 0.15) is 6.54 Å². The van der Waals surface area contributed by atoms with Crippen LogP contribution in [-0.4, -0.2) is 37.6 Å². The molecule has 0 aromatic carbocycles. The molecule has 2 amide bonds. The van der Waals surface area contributed by atoms with Crippen LogP contribution in [0, 0.1) is 11.3 Å². The molecule has 0 bridgehead atoms. The number of amides is 2. The molecular formula is C9H15N3O3. The topological polar surface area (TPSA) is 91.2 Å². The van der Waals surface area contributed by atoms with Gasteiger partial charge in [-0.2, -0.15) is 5.26 Å². The largest absolute Gasteiger partial charge is 0.382 e. The highest BCUT2D eigenvalue weighted by molar-refractivity contribution is 6.35. The Kier molecular flexibility index (Phi) is 5.34. The summed E-state index contributed by atoms with van der Waals surface area (Å²) < 4.78 is 4.87. The number of methoxy groups -OCH3 is 1. The number of hydrogen-bond donors (Lipinski definition) is 2. The lowest BCUT2D eigenvalue weighted by molar-refractivity contribution is -0.140. The van der Waals surface area contributed by atoms with Gasteiger partial charge < -0.3 is 15.4 Å². The summed E-state index contributed by atoms with van der Waals surface area (Å²) in [6.07, 6.45) is 0. The van der Waals surface area contributed by atoms with Crippen LogP contribution >= 0.6 is 0 Å². The zero-order valence-corrected chi connectivity index (χ0v) is 9.09. The molecule has 0 aromatic heterocycles. The first kappa shape index (κ1) is 13.4. The molecule has 84 valence electrons. The lowest BCUT2D eigenvalue weighted by Gasteiger charge is -2.24. The highest BCUT2D eigenvalue weighted by Gasteiger charge is 2.23. The van der Waals surface area contributed by atoms with Crippen molar-refractivity contribution in [2.45, 2.75) is 19.4 Å². The van der Waals surface area contributed by atoms with E-state index in [0.29, 0.717) is 6.61 Å². The molecule has 6 nitrogen and oxygen atoms in total. The van der Waals surface area contributed by atoms with E-state index in [1.165, 1.54) is 7.11 Å². The first-order valence-corrected chi connectivity index (χ1v) is 4.39. The second-order valence-corrected chi connectivity index (χ2v) is 3.61. The van der Waals surface area contributed by atoms with E-state index in [2.05, 4.69) is 10.6 Å². The second-order valence-electron chi connectivity index (χ2n) is 3.61. The van der Waals surface area contributed by atoms with Crippen LogP contribution in [0.2, 0.25) is 0 Å². The number of nitrogens with one attached hydrogen (secondary N) is 2. The predicted octanol–water partition coefficient (Wildman–Crippen LogP) is -0.833. The summed E-state index contributed by atoms with van der Waals surface area (Å²) in [4.78, 5) is 22.3. The Morgan fingerprint density at radius 1 is 1.40 bits per heavy atom. The zero-order chi connectivity index (χ0) is 11.9. The van der Waals surface area contributed by atoms with E-state index in [1.807, 2.05) is 0 Å². The smallest absolute Gasteiger partial charge is 0.310 e. The quantitative estimate of drug-likeness (QED) is 0.471. The van der Waals surface area contributed by atoms with Crippen molar-refractivity contribution in [3.8, 4) is 6.07 Å². The molecule has 0 saturated carbocycles. The van der Waals surface area contributed by atoms with Gasteiger partial charge in [0.2, 0.25) is 0 Å². The van der Waals surface area contributed by atoms with Gasteiger partial charge in [-0.25, -0.2) is 0 Å². The van der Waals surface area contributed by atoms with Crippen LogP contribution in [-0.2, 0) is 14.3 Å². The van der Waals surface area contributed by atoms with Crippen LogP contribution in [0.15, 0.2) is 0 Å². The van der Waals surface area contributed by atoms with Crippen LogP contribution in [0.25, 0.3) is 0 Å². The first-order valence-electron chi connectivity index (χ1n) is 4.39. The van der Waals surface area contributed by atoms with Gasteiger partial charge in [-0.3, -0.25) is 9.59 Å². The number of hydrogen-bond acceptors (Lipinski definition) is 4. The fourth-order valence-electron chi connectivity index (χ4n) is 0.961. The van der Waals surface area contributed by atoms with Crippen molar-refractivity contribution >= 4 is 11.8 Å². The molecule has 0 unspecified atom stereocenters. The number of carbonyl (C=O) groups is 2. The van der Waals surface area contributed by atoms with E-state index >= 15 is 0 Å². The fraction of sp³-hybridized carbons (Fsp3) is 0.667. The molecule has 0 aliphatic rings. The normalized spacial score (nSPS) is 10.3. The van der Waals surface area contributed by atoms with Crippen molar-refractivity contribution in [1.82, 2.24) is 10.6 Å². The molecule has 0 heterocycles. The van der Waals surface area contributed by atoms with E-state index in [0.717, 1.165) is 0 Å². The second kappa shape index (κ2) is 5.98. The van der Waals surface area contributed by atoms with Crippen LogP contribution < -0.4 is 10.6 Å². The number of rotatable bonds is 4. The molecule has 0 aromatic rings. The molecule has 0 atom stereocenters. The van der Waals surface area contributed by atoms with E-state index < -0.39 is 17.4 Å². The maximum atomic E-state index is 11.3. The van der Waals surface area contributed by atoms with Gasteiger partial charge in [-0.05, 0) is 13.8 Å². The Balaban J connectivity index is 4.13. The summed E-state index contributed by atoms with van der Waals surface area (Å²) in [5, 5.41) is 12.8. The van der Waals surface area contributed by atoms with Crippen LogP contribution in [0.3, 0.4) is 0 Å². The molecular weight excluding hydrogens is 198 g/mol. The van der Waals surface area contributed by atoms with Crippen molar-refractivity contribution < 1.29 is 14.3 Å². The van der Waals surface area contributed by atoms with Gasteiger partial charge in [0.05, 0.1) is 18.2 Å². The number of ether oxygens (including phenoxy) is 1. The number of carbonyl (C=O) groups excluding carboxylic acids is 2. The molecule has 0 radical (unpaired) electrons. The highest BCUT2D eigenvalue weighted by atomic mass is 16.5. The third-order valence-corrected chi connectivity index (χ3v) is 1.49. The Labute approximate surface area is 88.6 Å². The van der Waals surface area contributed by atoms with Crippen molar-refractivity contribution in [1.29, 1.82) is 5.26 Å². The summed E-state index contributed by atoms with van der Waals surface area (Å²) in [7, 11) is 1.50. The van der Waals surface area contributed by atoms with Crippen molar-refractivity contribution in [2.75, 3.05) is 20.3 Å². The predicted molar refractivity (Wildman–Crippen MR) is 52.7 cm³/mol. The molecule has 6 heteroatoms. The first-order chi connectivity index (χ1) is 6.93. The summed E-state index contributed by atoms with van der Waals surface area (Å²) in [6.45, 7) is 3.57. The third-order valence-electron chi connectivity index (χ3n) is 1.49. The number of nitrogens with zero attached hydrogens (tertiary/aromatic N) is 1. The monoisotopic (exact) mass is 213 g/mol. The maximum Gasteiger partial charge on any atom is 0.310 e. The third kappa shape index (κ3) is 5.65. The Bertz CT molecular complexity index is 281. The van der Waals surface area contributed by atoms with Crippen molar-refractivity contribution in [2.24, 2.45) is 0 Å². The highest BCUT2D eigenvalue weighted by Crippen LogP contribution is 2.01. The average molecular weight is 213 g/mol.